The van der Waals surface area contributed by atoms with Crippen LogP contribution in [0.15, 0.2) is 42.5 Å². The number of aryl methyl sites for hydroxylation is 1. The molecule has 0 spiro atoms. The Labute approximate surface area is 172 Å². The van der Waals surface area contributed by atoms with E-state index in [1.165, 1.54) is 0 Å². The van der Waals surface area contributed by atoms with Crippen LogP contribution in [0.1, 0.15) is 44.2 Å². The first-order chi connectivity index (χ1) is 13.1. The number of nitrogens with zero attached hydrogens (tertiary/aromatic N) is 1. The zero-order valence-corrected chi connectivity index (χ0v) is 18.4. The molecule has 0 radical (unpaired) electrons. The largest absolute Gasteiger partial charge is 0.324 e. The number of nitrogens with one attached hydrogen (secondary N) is 1. The Bertz CT molecular complexity index is 941. The molecular weight excluding hydrogens is 396 g/mol. The maximum absolute atomic E-state index is 13.2. The van der Waals surface area contributed by atoms with Crippen molar-refractivity contribution in [2.75, 3.05) is 15.9 Å². The van der Waals surface area contributed by atoms with Gasteiger partial charge in [-0.05, 0) is 54.7 Å². The number of carbonyl (C=O) groups is 1. The molecule has 1 atom stereocenters. The molecule has 0 saturated carbocycles. The van der Waals surface area contributed by atoms with Crippen molar-refractivity contribution in [3.8, 4) is 0 Å². The molecule has 2 aromatic rings. The molecule has 0 heterocycles. The van der Waals surface area contributed by atoms with Gasteiger partial charge in [-0.2, -0.15) is 0 Å². The van der Waals surface area contributed by atoms with Crippen LogP contribution in [-0.2, 0) is 14.8 Å². The topological polar surface area (TPSA) is 66.5 Å². The van der Waals surface area contributed by atoms with Crippen LogP contribution in [0, 0.1) is 6.92 Å². The van der Waals surface area contributed by atoms with E-state index in [1.807, 2.05) is 25.1 Å². The van der Waals surface area contributed by atoms with E-state index in [0.717, 1.165) is 27.4 Å². The summed E-state index contributed by atoms with van der Waals surface area (Å²) in [6.07, 6.45) is 1.43. The van der Waals surface area contributed by atoms with E-state index < -0.39 is 16.1 Å². The van der Waals surface area contributed by atoms with E-state index in [0.29, 0.717) is 17.1 Å². The highest BCUT2D eigenvalue weighted by atomic mass is 35.5. The summed E-state index contributed by atoms with van der Waals surface area (Å²) in [7, 11) is -3.69. The minimum atomic E-state index is -3.69. The molecule has 5 nitrogen and oxygen atoms in total. The summed E-state index contributed by atoms with van der Waals surface area (Å²) in [6.45, 7) is 7.83. The fraction of sp³-hybridized carbons (Fsp3) is 0.381. The molecule has 2 rings (SSSR count). The first-order valence-corrected chi connectivity index (χ1v) is 11.4. The van der Waals surface area contributed by atoms with Crippen molar-refractivity contribution in [3.05, 3.63) is 58.6 Å². The van der Waals surface area contributed by atoms with Gasteiger partial charge in [0, 0.05) is 10.7 Å². The number of halogens is 1. The Morgan fingerprint density at radius 2 is 1.75 bits per heavy atom. The van der Waals surface area contributed by atoms with Gasteiger partial charge >= 0.3 is 0 Å². The number of para-hydroxylation sites is 1. The summed E-state index contributed by atoms with van der Waals surface area (Å²) in [5.41, 5.74) is 3.10. The van der Waals surface area contributed by atoms with Gasteiger partial charge in [-0.3, -0.25) is 9.10 Å². The van der Waals surface area contributed by atoms with Crippen molar-refractivity contribution < 1.29 is 13.2 Å². The molecular formula is C21H27ClN2O3S. The van der Waals surface area contributed by atoms with Crippen LogP contribution in [0.25, 0.3) is 0 Å². The maximum atomic E-state index is 13.2. The molecule has 0 bridgehead atoms. The Morgan fingerprint density at radius 1 is 1.14 bits per heavy atom. The molecule has 1 amide bonds. The Kier molecular flexibility index (Phi) is 7.12. The lowest BCUT2D eigenvalue weighted by molar-refractivity contribution is -0.117. The lowest BCUT2D eigenvalue weighted by atomic mass is 9.98. The fourth-order valence-corrected chi connectivity index (χ4v) is 4.53. The van der Waals surface area contributed by atoms with Gasteiger partial charge in [-0.25, -0.2) is 8.42 Å². The molecule has 0 saturated heterocycles. The summed E-state index contributed by atoms with van der Waals surface area (Å²) in [6, 6.07) is 11.4. The zero-order valence-electron chi connectivity index (χ0n) is 16.9. The zero-order chi connectivity index (χ0) is 21.1. The van der Waals surface area contributed by atoms with Crippen molar-refractivity contribution in [1.29, 1.82) is 0 Å². The maximum Gasteiger partial charge on any atom is 0.248 e. The normalized spacial score (nSPS) is 12.7. The SMILES string of the molecule is CC[C@@H](C(=O)Nc1c(C)cccc1C(C)C)N(c1ccc(Cl)cc1)S(C)(=O)=O. The second kappa shape index (κ2) is 8.97. The third-order valence-corrected chi connectivity index (χ3v) is 6.02. The molecule has 0 fully saturated rings. The Morgan fingerprint density at radius 3 is 2.25 bits per heavy atom. The summed E-state index contributed by atoms with van der Waals surface area (Å²) >= 11 is 5.93. The average molecular weight is 423 g/mol. The number of hydrogen-bond acceptors (Lipinski definition) is 3. The van der Waals surface area contributed by atoms with E-state index in [2.05, 4.69) is 19.2 Å². The lowest BCUT2D eigenvalue weighted by Gasteiger charge is -2.30. The number of rotatable bonds is 7. The predicted molar refractivity (Wildman–Crippen MR) is 117 cm³/mol. The molecule has 1 N–H and O–H groups in total. The quantitative estimate of drug-likeness (QED) is 0.686. The third-order valence-electron chi connectivity index (χ3n) is 4.59. The standard InChI is InChI=1S/C21H27ClN2O3S/c1-6-19(24(28(5,26)27)17-12-10-16(22)11-13-17)21(25)23-20-15(4)8-7-9-18(20)14(2)3/h7-14,19H,6H2,1-5H3,(H,23,25)/t19-/m0/s1. The fourth-order valence-electron chi connectivity index (χ4n) is 3.20. The molecule has 2 aromatic carbocycles. The van der Waals surface area contributed by atoms with Crippen molar-refractivity contribution in [2.24, 2.45) is 0 Å². The summed E-state index contributed by atoms with van der Waals surface area (Å²) in [4.78, 5) is 13.2. The van der Waals surface area contributed by atoms with Crippen LogP contribution in [0.3, 0.4) is 0 Å². The first kappa shape index (κ1) is 22.2. The molecule has 0 aromatic heterocycles. The number of carbonyl (C=O) groups excluding carboxylic acids is 1. The smallest absolute Gasteiger partial charge is 0.248 e. The van der Waals surface area contributed by atoms with E-state index in [1.54, 1.807) is 31.2 Å². The molecule has 0 aliphatic heterocycles. The monoisotopic (exact) mass is 422 g/mol. The van der Waals surface area contributed by atoms with E-state index in [4.69, 9.17) is 11.6 Å². The number of sulfonamides is 1. The van der Waals surface area contributed by atoms with Crippen molar-refractivity contribution in [2.45, 2.75) is 46.1 Å². The molecule has 152 valence electrons. The summed E-state index contributed by atoms with van der Waals surface area (Å²) < 4.78 is 26.2. The van der Waals surface area contributed by atoms with Crippen molar-refractivity contribution >= 4 is 38.9 Å². The van der Waals surface area contributed by atoms with Crippen LogP contribution in [0.4, 0.5) is 11.4 Å². The van der Waals surface area contributed by atoms with E-state index >= 15 is 0 Å². The minimum Gasteiger partial charge on any atom is -0.324 e. The second-order valence-electron chi connectivity index (χ2n) is 7.14. The predicted octanol–water partition coefficient (Wildman–Crippen LogP) is 4.96. The number of hydrogen-bond donors (Lipinski definition) is 1. The Hall–Kier alpha value is -2.05. The average Bonchev–Trinajstić information content (AvgIpc) is 2.61. The first-order valence-electron chi connectivity index (χ1n) is 9.21. The summed E-state index contributed by atoms with van der Waals surface area (Å²) in [5.74, 6) is -0.142. The molecule has 0 aliphatic rings. The second-order valence-corrected chi connectivity index (χ2v) is 9.44. The highest BCUT2D eigenvalue weighted by Crippen LogP contribution is 2.29. The van der Waals surface area contributed by atoms with Crippen molar-refractivity contribution in [1.82, 2.24) is 0 Å². The minimum absolute atomic E-state index is 0.220. The van der Waals surface area contributed by atoms with Gasteiger partial charge in [0.15, 0.2) is 0 Å². The molecule has 0 unspecified atom stereocenters. The van der Waals surface area contributed by atoms with Gasteiger partial charge in [-0.15, -0.1) is 0 Å². The van der Waals surface area contributed by atoms with Gasteiger partial charge < -0.3 is 5.32 Å². The highest BCUT2D eigenvalue weighted by Gasteiger charge is 2.32. The molecule has 0 aliphatic carbocycles. The molecule has 28 heavy (non-hydrogen) atoms. The van der Waals surface area contributed by atoms with Gasteiger partial charge in [0.05, 0.1) is 11.9 Å². The number of amides is 1. The third kappa shape index (κ3) is 5.06. The number of anilines is 2. The summed E-state index contributed by atoms with van der Waals surface area (Å²) in [5, 5.41) is 3.47. The lowest BCUT2D eigenvalue weighted by Crippen LogP contribution is -2.47. The van der Waals surface area contributed by atoms with Crippen LogP contribution in [-0.4, -0.2) is 26.6 Å². The van der Waals surface area contributed by atoms with Crippen LogP contribution in [0.2, 0.25) is 5.02 Å². The van der Waals surface area contributed by atoms with Crippen LogP contribution in [0.5, 0.6) is 0 Å². The molecule has 7 heteroatoms. The van der Waals surface area contributed by atoms with Gasteiger partial charge in [0.1, 0.15) is 6.04 Å². The Balaban J connectivity index is 2.45. The van der Waals surface area contributed by atoms with Gasteiger partial charge in [0.2, 0.25) is 15.9 Å². The van der Waals surface area contributed by atoms with Gasteiger partial charge in [0.25, 0.3) is 0 Å². The van der Waals surface area contributed by atoms with Gasteiger partial charge in [-0.1, -0.05) is 50.6 Å². The van der Waals surface area contributed by atoms with Crippen molar-refractivity contribution in [3.63, 3.8) is 0 Å². The number of benzene rings is 2. The van der Waals surface area contributed by atoms with Crippen LogP contribution < -0.4 is 9.62 Å². The highest BCUT2D eigenvalue weighted by molar-refractivity contribution is 7.92. The van der Waals surface area contributed by atoms with E-state index in [9.17, 15) is 13.2 Å². The van der Waals surface area contributed by atoms with Crippen LogP contribution >= 0.6 is 11.6 Å². The van der Waals surface area contributed by atoms with E-state index in [-0.39, 0.29) is 11.8 Å².